The van der Waals surface area contributed by atoms with Gasteiger partial charge in [0.2, 0.25) is 0 Å². The number of aliphatic hydroxyl groups is 1. The van der Waals surface area contributed by atoms with E-state index in [2.05, 4.69) is 10.6 Å². The average molecular weight is 362 g/mol. The second-order valence-corrected chi connectivity index (χ2v) is 6.69. The number of hydrogen-bond donors (Lipinski definition) is 3. The van der Waals surface area contributed by atoms with Crippen LogP contribution < -0.4 is 20.1 Å². The number of amides is 2. The van der Waals surface area contributed by atoms with Crippen LogP contribution in [0.5, 0.6) is 11.5 Å². The van der Waals surface area contributed by atoms with Crippen molar-refractivity contribution in [2.24, 2.45) is 0 Å². The van der Waals surface area contributed by atoms with Crippen molar-refractivity contribution in [3.05, 3.63) is 40.6 Å². The van der Waals surface area contributed by atoms with E-state index in [9.17, 15) is 14.7 Å². The Morgan fingerprint density at radius 1 is 1.20 bits per heavy atom. The summed E-state index contributed by atoms with van der Waals surface area (Å²) in [7, 11) is 0. The number of rotatable bonds is 4. The maximum atomic E-state index is 12.0. The molecule has 1 aromatic carbocycles. The molecule has 3 N–H and O–H groups in total. The zero-order valence-electron chi connectivity index (χ0n) is 13.6. The molecule has 0 bridgehead atoms. The van der Waals surface area contributed by atoms with Gasteiger partial charge in [0, 0.05) is 16.6 Å². The highest BCUT2D eigenvalue weighted by Crippen LogP contribution is 2.32. The average Bonchev–Trinajstić information content (AvgIpc) is 3.15. The molecule has 8 heteroatoms. The second kappa shape index (κ2) is 7.12. The van der Waals surface area contributed by atoms with E-state index in [0.29, 0.717) is 35.3 Å². The Morgan fingerprint density at radius 3 is 2.68 bits per heavy atom. The molecule has 1 aliphatic rings. The Bertz CT molecular complexity index is 773. The molecule has 3 rings (SSSR count). The summed E-state index contributed by atoms with van der Waals surface area (Å²) in [6.07, 6.45) is 0. The Hall–Kier alpha value is -2.58. The van der Waals surface area contributed by atoms with Crippen LogP contribution >= 0.6 is 11.3 Å². The largest absolute Gasteiger partial charge is 0.486 e. The van der Waals surface area contributed by atoms with Crippen LogP contribution in [0, 0.1) is 0 Å². The standard InChI is InChI=1S/C17H18N2O5S/c1-17(22,14-3-2-8-25-14)10-18-15(20)16(21)19-11-4-5-12-13(9-11)24-7-6-23-12/h2-5,8-9,22H,6-7,10H2,1H3,(H,18,20)(H,19,21). The monoisotopic (exact) mass is 362 g/mol. The van der Waals surface area contributed by atoms with Gasteiger partial charge in [-0.1, -0.05) is 6.07 Å². The molecule has 0 fully saturated rings. The van der Waals surface area contributed by atoms with Gasteiger partial charge in [-0.15, -0.1) is 11.3 Å². The molecule has 2 aromatic rings. The Kier molecular flexibility index (Phi) is 4.91. The molecule has 0 spiro atoms. The first-order chi connectivity index (χ1) is 12.0. The number of carbonyl (C=O) groups is 2. The normalized spacial score (nSPS) is 15.1. The van der Waals surface area contributed by atoms with Gasteiger partial charge in [0.05, 0.1) is 6.54 Å². The summed E-state index contributed by atoms with van der Waals surface area (Å²) >= 11 is 1.38. The van der Waals surface area contributed by atoms with Gasteiger partial charge < -0.3 is 25.2 Å². The number of thiophene rings is 1. The van der Waals surface area contributed by atoms with E-state index in [1.165, 1.54) is 11.3 Å². The smallest absolute Gasteiger partial charge is 0.313 e. The zero-order valence-corrected chi connectivity index (χ0v) is 14.4. The van der Waals surface area contributed by atoms with Crippen LogP contribution in [-0.4, -0.2) is 36.7 Å². The van der Waals surface area contributed by atoms with Crippen molar-refractivity contribution in [3.63, 3.8) is 0 Å². The Labute approximate surface area is 148 Å². The highest BCUT2D eigenvalue weighted by Gasteiger charge is 2.26. The number of hydrogen-bond acceptors (Lipinski definition) is 6. The van der Waals surface area contributed by atoms with Crippen molar-refractivity contribution in [3.8, 4) is 11.5 Å². The molecule has 0 radical (unpaired) electrons. The van der Waals surface area contributed by atoms with Crippen molar-refractivity contribution in [1.29, 1.82) is 0 Å². The molecule has 0 saturated heterocycles. The predicted molar refractivity (Wildman–Crippen MR) is 93.0 cm³/mol. The minimum absolute atomic E-state index is 0.0685. The maximum absolute atomic E-state index is 12.0. The van der Waals surface area contributed by atoms with E-state index in [-0.39, 0.29) is 6.54 Å². The fourth-order valence-corrected chi connectivity index (χ4v) is 3.10. The van der Waals surface area contributed by atoms with Crippen LogP contribution in [0.15, 0.2) is 35.7 Å². The van der Waals surface area contributed by atoms with Crippen molar-refractivity contribution in [2.75, 3.05) is 25.1 Å². The summed E-state index contributed by atoms with van der Waals surface area (Å²) in [6.45, 7) is 2.42. The molecule has 1 atom stereocenters. The summed E-state index contributed by atoms with van der Waals surface area (Å²) in [5, 5.41) is 17.1. The lowest BCUT2D eigenvalue weighted by Crippen LogP contribution is -2.42. The highest BCUT2D eigenvalue weighted by atomic mass is 32.1. The molecule has 2 amide bonds. The zero-order chi connectivity index (χ0) is 17.9. The van der Waals surface area contributed by atoms with E-state index in [0.717, 1.165) is 0 Å². The fourth-order valence-electron chi connectivity index (χ4n) is 2.31. The van der Waals surface area contributed by atoms with E-state index in [1.54, 1.807) is 31.2 Å². The lowest BCUT2D eigenvalue weighted by molar-refractivity contribution is -0.136. The van der Waals surface area contributed by atoms with Gasteiger partial charge in [-0.25, -0.2) is 0 Å². The van der Waals surface area contributed by atoms with Crippen LogP contribution in [-0.2, 0) is 15.2 Å². The summed E-state index contributed by atoms with van der Waals surface area (Å²) in [5.41, 5.74) is -0.810. The van der Waals surface area contributed by atoms with Crippen LogP contribution in [0.3, 0.4) is 0 Å². The van der Waals surface area contributed by atoms with Crippen LogP contribution in [0.25, 0.3) is 0 Å². The van der Waals surface area contributed by atoms with Crippen LogP contribution in [0.4, 0.5) is 5.69 Å². The highest BCUT2D eigenvalue weighted by molar-refractivity contribution is 7.10. The van der Waals surface area contributed by atoms with Gasteiger partial charge in [-0.2, -0.15) is 0 Å². The number of ether oxygens (including phenoxy) is 2. The summed E-state index contributed by atoms with van der Waals surface area (Å²) in [4.78, 5) is 24.7. The minimum Gasteiger partial charge on any atom is -0.486 e. The minimum atomic E-state index is -1.24. The van der Waals surface area contributed by atoms with Gasteiger partial charge >= 0.3 is 11.8 Å². The molecule has 25 heavy (non-hydrogen) atoms. The molecular weight excluding hydrogens is 344 g/mol. The molecular formula is C17H18N2O5S. The van der Waals surface area contributed by atoms with Crippen LogP contribution in [0.1, 0.15) is 11.8 Å². The molecule has 2 heterocycles. The molecule has 7 nitrogen and oxygen atoms in total. The van der Waals surface area contributed by atoms with E-state index in [4.69, 9.17) is 9.47 Å². The number of nitrogens with one attached hydrogen (secondary N) is 2. The van der Waals surface area contributed by atoms with Gasteiger partial charge in [0.25, 0.3) is 0 Å². The molecule has 0 aliphatic carbocycles. The first kappa shape index (κ1) is 17.2. The fraction of sp³-hybridized carbons (Fsp3) is 0.294. The van der Waals surface area contributed by atoms with Gasteiger partial charge in [0.1, 0.15) is 18.8 Å². The van der Waals surface area contributed by atoms with Crippen molar-refractivity contribution < 1.29 is 24.2 Å². The van der Waals surface area contributed by atoms with Crippen molar-refractivity contribution in [2.45, 2.75) is 12.5 Å². The number of carbonyl (C=O) groups excluding carboxylic acids is 2. The third-order valence-corrected chi connectivity index (χ3v) is 4.77. The second-order valence-electron chi connectivity index (χ2n) is 5.75. The lowest BCUT2D eigenvalue weighted by atomic mass is 10.1. The SMILES string of the molecule is CC(O)(CNC(=O)C(=O)Nc1ccc2c(c1)OCCO2)c1cccs1. The molecule has 1 aromatic heterocycles. The summed E-state index contributed by atoms with van der Waals surface area (Å²) < 4.78 is 10.8. The summed E-state index contributed by atoms with van der Waals surface area (Å²) in [6, 6.07) is 8.47. The third-order valence-electron chi connectivity index (χ3n) is 3.65. The van der Waals surface area contributed by atoms with E-state index < -0.39 is 17.4 Å². The third kappa shape index (κ3) is 4.09. The number of benzene rings is 1. The lowest BCUT2D eigenvalue weighted by Gasteiger charge is -2.22. The molecule has 132 valence electrons. The van der Waals surface area contributed by atoms with E-state index in [1.807, 2.05) is 11.4 Å². The van der Waals surface area contributed by atoms with Gasteiger partial charge in [0.15, 0.2) is 11.5 Å². The first-order valence-corrected chi connectivity index (χ1v) is 8.59. The van der Waals surface area contributed by atoms with Crippen LogP contribution in [0.2, 0.25) is 0 Å². The Morgan fingerprint density at radius 2 is 1.96 bits per heavy atom. The molecule has 1 aliphatic heterocycles. The Balaban J connectivity index is 1.57. The maximum Gasteiger partial charge on any atom is 0.313 e. The van der Waals surface area contributed by atoms with Crippen molar-refractivity contribution in [1.82, 2.24) is 5.32 Å². The van der Waals surface area contributed by atoms with E-state index >= 15 is 0 Å². The number of anilines is 1. The topological polar surface area (TPSA) is 96.9 Å². The summed E-state index contributed by atoms with van der Waals surface area (Å²) in [5.74, 6) is -0.531. The van der Waals surface area contributed by atoms with Gasteiger partial charge in [-0.05, 0) is 30.5 Å². The predicted octanol–water partition coefficient (Wildman–Crippen LogP) is 1.48. The van der Waals surface area contributed by atoms with Crippen molar-refractivity contribution >= 4 is 28.8 Å². The molecule has 0 saturated carbocycles. The van der Waals surface area contributed by atoms with Gasteiger partial charge in [-0.3, -0.25) is 9.59 Å². The molecule has 1 unspecified atom stereocenters. The number of fused-ring (bicyclic) bond motifs is 1. The quantitative estimate of drug-likeness (QED) is 0.716. The first-order valence-electron chi connectivity index (χ1n) is 7.71.